The lowest BCUT2D eigenvalue weighted by atomic mass is 10.00. The van der Waals surface area contributed by atoms with Crippen LogP contribution in [0.3, 0.4) is 0 Å². The van der Waals surface area contributed by atoms with E-state index < -0.39 is 0 Å². The Bertz CT molecular complexity index is 892. The Labute approximate surface area is 164 Å². The van der Waals surface area contributed by atoms with E-state index >= 15 is 0 Å². The van der Waals surface area contributed by atoms with Gasteiger partial charge in [0.15, 0.2) is 0 Å². The molecule has 28 heavy (non-hydrogen) atoms. The molecule has 2 unspecified atom stereocenters. The zero-order chi connectivity index (χ0) is 18.9. The normalized spacial score (nSPS) is 25.6. The molecule has 0 spiro atoms. The summed E-state index contributed by atoms with van der Waals surface area (Å²) in [6.45, 7) is 4.85. The van der Waals surface area contributed by atoms with Crippen LogP contribution in [0.5, 0.6) is 0 Å². The van der Waals surface area contributed by atoms with Gasteiger partial charge in [-0.25, -0.2) is 9.78 Å². The fourth-order valence-electron chi connectivity index (χ4n) is 4.64. The second-order valence-electron chi connectivity index (χ2n) is 7.96. The number of ether oxygens (including phenoxy) is 1. The number of rotatable bonds is 3. The molecule has 148 valence electrons. The Morgan fingerprint density at radius 1 is 1.39 bits per heavy atom. The summed E-state index contributed by atoms with van der Waals surface area (Å²) in [7, 11) is 0. The van der Waals surface area contributed by atoms with Crippen LogP contribution in [0.15, 0.2) is 30.6 Å². The summed E-state index contributed by atoms with van der Waals surface area (Å²) < 4.78 is 5.94. The average molecular weight is 381 g/mol. The summed E-state index contributed by atoms with van der Waals surface area (Å²) >= 11 is 0. The van der Waals surface area contributed by atoms with E-state index in [1.165, 1.54) is 30.5 Å². The van der Waals surface area contributed by atoms with E-state index in [-0.39, 0.29) is 12.1 Å². The van der Waals surface area contributed by atoms with Gasteiger partial charge in [0.05, 0.1) is 12.7 Å². The van der Waals surface area contributed by atoms with Crippen LogP contribution in [0.1, 0.15) is 24.8 Å². The summed E-state index contributed by atoms with van der Waals surface area (Å²) in [6, 6.07) is 4.64. The number of carbonyl (C=O) groups is 1. The Morgan fingerprint density at radius 2 is 2.36 bits per heavy atom. The largest absolute Gasteiger partial charge is 0.373 e. The number of nitrogens with one attached hydrogen (secondary N) is 2. The molecule has 2 atom stereocenters. The van der Waals surface area contributed by atoms with Crippen molar-refractivity contribution in [3.63, 3.8) is 0 Å². The van der Waals surface area contributed by atoms with Gasteiger partial charge in [0.2, 0.25) is 0 Å². The molecular formula is C21H27N5O2. The predicted molar refractivity (Wildman–Crippen MR) is 108 cm³/mol. The number of aromatic amines is 1. The van der Waals surface area contributed by atoms with Crippen LogP contribution in [0.4, 0.5) is 4.79 Å². The molecule has 7 heteroatoms. The van der Waals surface area contributed by atoms with E-state index in [1.54, 1.807) is 6.20 Å². The first-order valence-electron chi connectivity index (χ1n) is 10.3. The lowest BCUT2D eigenvalue weighted by Gasteiger charge is -2.35. The van der Waals surface area contributed by atoms with Gasteiger partial charge in [0, 0.05) is 55.6 Å². The minimum Gasteiger partial charge on any atom is -0.373 e. The maximum absolute atomic E-state index is 12.6. The van der Waals surface area contributed by atoms with E-state index in [9.17, 15) is 4.79 Å². The minimum atomic E-state index is 0.00281. The topological polar surface area (TPSA) is 73.5 Å². The zero-order valence-electron chi connectivity index (χ0n) is 16.1. The maximum Gasteiger partial charge on any atom is 0.317 e. The molecule has 2 N–H and O–H groups in total. The number of urea groups is 1. The number of fused-ring (bicyclic) bond motifs is 2. The fourth-order valence-corrected chi connectivity index (χ4v) is 4.64. The molecule has 0 aromatic carbocycles. The fraction of sp³-hybridized carbons (Fsp3) is 0.524. The average Bonchev–Trinajstić information content (AvgIpc) is 3.38. The molecule has 5 heterocycles. The monoisotopic (exact) mass is 381 g/mol. The van der Waals surface area contributed by atoms with Gasteiger partial charge >= 0.3 is 6.03 Å². The maximum atomic E-state index is 12.6. The number of hydrogen-bond donors (Lipinski definition) is 2. The standard InChI is InChI=1S/C21H27N5O2/c27-21(24-11-17-13-26-8-2-3-16(26)14-28-17)25-9-5-15(6-10-25)19-12-23-20-18(19)4-1-7-22-20/h1,4-5,7,12,16-17H,2-3,6,8-11,13-14H2,(H,22,23)(H,24,27). The minimum absolute atomic E-state index is 0.00281. The summed E-state index contributed by atoms with van der Waals surface area (Å²) in [6.07, 6.45) is 9.44. The second kappa shape index (κ2) is 7.56. The first kappa shape index (κ1) is 17.7. The quantitative estimate of drug-likeness (QED) is 0.855. The van der Waals surface area contributed by atoms with Crippen molar-refractivity contribution in [2.75, 3.05) is 39.3 Å². The SMILES string of the molecule is O=C(NCC1CN2CCCC2CO1)N1CC=C(c2c[nH]c3ncccc23)CC1. The summed E-state index contributed by atoms with van der Waals surface area (Å²) in [5, 5.41) is 4.21. The van der Waals surface area contributed by atoms with E-state index in [0.717, 1.165) is 37.2 Å². The number of hydrogen-bond acceptors (Lipinski definition) is 4. The van der Waals surface area contributed by atoms with Crippen LogP contribution in [-0.2, 0) is 4.74 Å². The first-order chi connectivity index (χ1) is 13.8. The van der Waals surface area contributed by atoms with Crippen molar-refractivity contribution < 1.29 is 9.53 Å². The zero-order valence-corrected chi connectivity index (χ0v) is 16.1. The van der Waals surface area contributed by atoms with Crippen molar-refractivity contribution >= 4 is 22.6 Å². The summed E-state index contributed by atoms with van der Waals surface area (Å²) in [5.41, 5.74) is 3.38. The molecule has 2 aromatic rings. The van der Waals surface area contributed by atoms with Gasteiger partial charge in [-0.2, -0.15) is 0 Å². The van der Waals surface area contributed by atoms with Gasteiger partial charge < -0.3 is 19.9 Å². The highest BCUT2D eigenvalue weighted by molar-refractivity contribution is 5.91. The summed E-state index contributed by atoms with van der Waals surface area (Å²) in [5.74, 6) is 0. The Hall–Kier alpha value is -2.38. The molecule has 3 aliphatic heterocycles. The van der Waals surface area contributed by atoms with E-state index in [4.69, 9.17) is 4.74 Å². The van der Waals surface area contributed by atoms with Gasteiger partial charge in [-0.1, -0.05) is 6.08 Å². The van der Waals surface area contributed by atoms with Crippen molar-refractivity contribution in [1.29, 1.82) is 0 Å². The number of H-pyrrole nitrogens is 1. The van der Waals surface area contributed by atoms with Crippen molar-refractivity contribution in [3.05, 3.63) is 36.2 Å². The highest BCUT2D eigenvalue weighted by Crippen LogP contribution is 2.28. The second-order valence-corrected chi connectivity index (χ2v) is 7.96. The van der Waals surface area contributed by atoms with Crippen LogP contribution in [0, 0.1) is 0 Å². The Balaban J connectivity index is 1.15. The molecule has 0 saturated carbocycles. The molecule has 0 bridgehead atoms. The molecule has 2 fully saturated rings. The molecule has 7 nitrogen and oxygen atoms in total. The van der Waals surface area contributed by atoms with Crippen LogP contribution in [0.25, 0.3) is 16.6 Å². The summed E-state index contributed by atoms with van der Waals surface area (Å²) in [4.78, 5) is 24.5. The lowest BCUT2D eigenvalue weighted by molar-refractivity contribution is -0.0460. The van der Waals surface area contributed by atoms with Crippen LogP contribution in [0.2, 0.25) is 0 Å². The van der Waals surface area contributed by atoms with Crippen molar-refractivity contribution in [2.45, 2.75) is 31.4 Å². The number of pyridine rings is 1. The molecule has 2 amide bonds. The van der Waals surface area contributed by atoms with E-state index in [2.05, 4.69) is 32.3 Å². The van der Waals surface area contributed by atoms with E-state index in [0.29, 0.717) is 19.1 Å². The number of carbonyl (C=O) groups excluding carboxylic acids is 1. The van der Waals surface area contributed by atoms with Crippen LogP contribution in [-0.4, -0.2) is 77.3 Å². The molecule has 2 aromatic heterocycles. The highest BCUT2D eigenvalue weighted by Gasteiger charge is 2.32. The first-order valence-corrected chi connectivity index (χ1v) is 10.3. The molecule has 2 saturated heterocycles. The van der Waals surface area contributed by atoms with Crippen LogP contribution >= 0.6 is 0 Å². The van der Waals surface area contributed by atoms with Gasteiger partial charge in [0.25, 0.3) is 0 Å². The molecule has 5 rings (SSSR count). The van der Waals surface area contributed by atoms with Gasteiger partial charge in [-0.05, 0) is 43.5 Å². The smallest absolute Gasteiger partial charge is 0.317 e. The van der Waals surface area contributed by atoms with Crippen molar-refractivity contribution in [1.82, 2.24) is 25.1 Å². The highest BCUT2D eigenvalue weighted by atomic mass is 16.5. The van der Waals surface area contributed by atoms with Gasteiger partial charge in [-0.3, -0.25) is 4.90 Å². The lowest BCUT2D eigenvalue weighted by Crippen LogP contribution is -2.52. The number of amides is 2. The number of nitrogens with zero attached hydrogens (tertiary/aromatic N) is 3. The third-order valence-corrected chi connectivity index (χ3v) is 6.24. The third kappa shape index (κ3) is 3.40. The van der Waals surface area contributed by atoms with Crippen molar-refractivity contribution in [3.8, 4) is 0 Å². The molecule has 0 aliphatic carbocycles. The molecular weight excluding hydrogens is 354 g/mol. The van der Waals surface area contributed by atoms with Gasteiger partial charge in [0.1, 0.15) is 5.65 Å². The van der Waals surface area contributed by atoms with Gasteiger partial charge in [-0.15, -0.1) is 0 Å². The van der Waals surface area contributed by atoms with E-state index in [1.807, 2.05) is 17.2 Å². The molecule has 0 radical (unpaired) electrons. The Morgan fingerprint density at radius 3 is 3.25 bits per heavy atom. The number of aromatic nitrogens is 2. The van der Waals surface area contributed by atoms with Crippen molar-refractivity contribution in [2.24, 2.45) is 0 Å². The predicted octanol–water partition coefficient (Wildman–Crippen LogP) is 2.22. The van der Waals surface area contributed by atoms with Crippen LogP contribution < -0.4 is 5.32 Å². The third-order valence-electron chi connectivity index (χ3n) is 6.24. The molecule has 3 aliphatic rings. The number of morpholine rings is 1. The Kier molecular flexibility index (Phi) is 4.78.